The first-order chi connectivity index (χ1) is 19.2. The molecular weight excluding hydrogens is 521 g/mol. The molecule has 2 heterocycles. The highest BCUT2D eigenvalue weighted by atomic mass is 19.1. The minimum Gasteiger partial charge on any atom is -0.478 e. The summed E-state index contributed by atoms with van der Waals surface area (Å²) in [6.07, 6.45) is 5.69. The second-order valence-electron chi connectivity index (χ2n) is 8.63. The minimum absolute atomic E-state index is 0.0298. The normalized spacial score (nSPS) is 14.4. The van der Waals surface area contributed by atoms with E-state index in [0.717, 1.165) is 31.4 Å². The van der Waals surface area contributed by atoms with Crippen molar-refractivity contribution in [1.29, 1.82) is 5.26 Å². The van der Waals surface area contributed by atoms with Crippen LogP contribution < -0.4 is 10.6 Å². The number of carbonyl (C=O) groups excluding carboxylic acids is 1. The van der Waals surface area contributed by atoms with Gasteiger partial charge in [-0.15, -0.1) is 0 Å². The third-order valence-electron chi connectivity index (χ3n) is 5.69. The third kappa shape index (κ3) is 9.62. The van der Waals surface area contributed by atoms with Gasteiger partial charge >= 0.3 is 11.9 Å². The van der Waals surface area contributed by atoms with Gasteiger partial charge in [-0.3, -0.25) is 4.79 Å². The van der Waals surface area contributed by atoms with Crippen molar-refractivity contribution in [3.8, 4) is 17.5 Å². The van der Waals surface area contributed by atoms with E-state index in [1.54, 1.807) is 24.3 Å². The molecule has 0 saturated carbocycles. The number of aromatic nitrogens is 2. The zero-order chi connectivity index (χ0) is 28.9. The highest BCUT2D eigenvalue weighted by molar-refractivity contribution is 5.90. The fourth-order valence-corrected chi connectivity index (χ4v) is 3.77. The molecule has 0 fully saturated rings. The van der Waals surface area contributed by atoms with Gasteiger partial charge in [0.25, 0.3) is 17.6 Å². The fraction of sp³-hybridized carbons (Fsp3) is 0.214. The van der Waals surface area contributed by atoms with Crippen molar-refractivity contribution in [2.45, 2.75) is 25.3 Å². The van der Waals surface area contributed by atoms with Gasteiger partial charge in [0.1, 0.15) is 5.82 Å². The van der Waals surface area contributed by atoms with Crippen LogP contribution in [-0.2, 0) is 16.0 Å². The molecule has 1 aliphatic heterocycles. The Labute approximate surface area is 228 Å². The molecule has 4 N–H and O–H groups in total. The first-order valence-electron chi connectivity index (χ1n) is 12.2. The molecule has 1 aromatic heterocycles. The molecule has 0 radical (unpaired) electrons. The van der Waals surface area contributed by atoms with Gasteiger partial charge in [0, 0.05) is 36.8 Å². The second kappa shape index (κ2) is 14.7. The molecule has 12 heteroatoms. The number of amides is 1. The highest BCUT2D eigenvalue weighted by Gasteiger charge is 2.18. The molecule has 3 aromatic rings. The molecule has 1 atom stereocenters. The van der Waals surface area contributed by atoms with Crippen LogP contribution in [0, 0.1) is 17.1 Å². The molecule has 1 amide bonds. The Kier molecular flexibility index (Phi) is 10.8. The van der Waals surface area contributed by atoms with Crippen molar-refractivity contribution in [3.05, 3.63) is 95.1 Å². The smallest absolute Gasteiger partial charge is 0.328 e. The maximum atomic E-state index is 13.1. The van der Waals surface area contributed by atoms with Gasteiger partial charge < -0.3 is 25.4 Å². The summed E-state index contributed by atoms with van der Waals surface area (Å²) in [7, 11) is 0. The summed E-state index contributed by atoms with van der Waals surface area (Å²) in [5.74, 6) is -2.94. The number of nitrogens with one attached hydrogen (secondary N) is 2. The van der Waals surface area contributed by atoms with Gasteiger partial charge in [0.2, 0.25) is 0 Å². The number of benzene rings is 2. The van der Waals surface area contributed by atoms with E-state index in [2.05, 4.69) is 26.9 Å². The van der Waals surface area contributed by atoms with E-state index in [9.17, 15) is 18.8 Å². The van der Waals surface area contributed by atoms with E-state index in [1.807, 2.05) is 18.2 Å². The second-order valence-corrected chi connectivity index (χ2v) is 8.63. The standard InChI is InChI=1S/C24H22FN5O2.C4H4O4/c25-20-7-3-16(4-8-20)13-21-14-17(9-11-27-21)10-12-28-23(31)22-29-24(32-30-22)19-5-1-18(15-26)2-6-19;5-3(6)1-2-4(7)8/h1-9,21,27H,10-14H2,(H,28,31);1-2H,(H,5,6)(H,7,8)/b;2-1+. The SMILES string of the molecule is N#Cc1ccc(-c2nc(C(=O)NCCC3=CCNC(Cc4ccc(F)cc4)C3)no2)cc1.O=C(O)/C=C/C(=O)O. The molecule has 1 unspecified atom stereocenters. The Morgan fingerprint density at radius 2 is 1.77 bits per heavy atom. The van der Waals surface area contributed by atoms with Crippen LogP contribution in [0.5, 0.6) is 0 Å². The molecule has 11 nitrogen and oxygen atoms in total. The van der Waals surface area contributed by atoms with Crippen LogP contribution in [0.15, 0.2) is 76.9 Å². The minimum atomic E-state index is -1.26. The predicted molar refractivity (Wildman–Crippen MR) is 140 cm³/mol. The number of nitrogens with zero attached hydrogens (tertiary/aromatic N) is 3. The summed E-state index contributed by atoms with van der Waals surface area (Å²) in [5, 5.41) is 34.5. The largest absolute Gasteiger partial charge is 0.478 e. The number of carboxylic acid groups (broad SMARTS) is 2. The summed E-state index contributed by atoms with van der Waals surface area (Å²) in [6.45, 7) is 1.24. The number of carbonyl (C=O) groups is 3. The Bertz CT molecular complexity index is 1410. The molecular formula is C28H26FN5O6. The number of carboxylic acids is 2. The molecule has 0 aliphatic carbocycles. The van der Waals surface area contributed by atoms with Crippen LogP contribution in [-0.4, -0.2) is 57.3 Å². The Hall–Kier alpha value is -5.15. The van der Waals surface area contributed by atoms with Crippen molar-refractivity contribution in [2.75, 3.05) is 13.1 Å². The van der Waals surface area contributed by atoms with E-state index in [-0.39, 0.29) is 23.6 Å². The lowest BCUT2D eigenvalue weighted by Crippen LogP contribution is -2.35. The first-order valence-corrected chi connectivity index (χ1v) is 12.2. The Balaban J connectivity index is 0.000000482. The number of nitriles is 1. The van der Waals surface area contributed by atoms with Crippen LogP contribution in [0.1, 0.15) is 34.6 Å². The average Bonchev–Trinajstić information content (AvgIpc) is 3.44. The molecule has 40 heavy (non-hydrogen) atoms. The number of rotatable bonds is 9. The van der Waals surface area contributed by atoms with Crippen molar-refractivity contribution >= 4 is 17.8 Å². The molecule has 4 rings (SSSR count). The lowest BCUT2D eigenvalue weighted by molar-refractivity contribution is -0.134. The highest BCUT2D eigenvalue weighted by Crippen LogP contribution is 2.19. The van der Waals surface area contributed by atoms with Crippen LogP contribution in [0.3, 0.4) is 0 Å². The fourth-order valence-electron chi connectivity index (χ4n) is 3.77. The molecule has 0 bridgehead atoms. The van der Waals surface area contributed by atoms with Gasteiger partial charge in [-0.2, -0.15) is 10.2 Å². The summed E-state index contributed by atoms with van der Waals surface area (Å²) >= 11 is 0. The van der Waals surface area contributed by atoms with E-state index in [4.69, 9.17) is 20.0 Å². The van der Waals surface area contributed by atoms with Gasteiger partial charge in [-0.1, -0.05) is 28.9 Å². The number of hydrogen-bond donors (Lipinski definition) is 4. The number of halogens is 1. The quantitative estimate of drug-likeness (QED) is 0.230. The van der Waals surface area contributed by atoms with E-state index in [0.29, 0.717) is 29.8 Å². The summed E-state index contributed by atoms with van der Waals surface area (Å²) in [5.41, 5.74) is 3.53. The van der Waals surface area contributed by atoms with Crippen molar-refractivity contribution in [3.63, 3.8) is 0 Å². The summed E-state index contributed by atoms with van der Waals surface area (Å²) < 4.78 is 18.3. The molecule has 2 aromatic carbocycles. The zero-order valence-corrected chi connectivity index (χ0v) is 21.2. The average molecular weight is 548 g/mol. The number of hydrogen-bond acceptors (Lipinski definition) is 8. The lowest BCUT2D eigenvalue weighted by atomic mass is 9.94. The zero-order valence-electron chi connectivity index (χ0n) is 21.2. The van der Waals surface area contributed by atoms with Gasteiger partial charge in [-0.25, -0.2) is 14.0 Å². The maximum absolute atomic E-state index is 13.1. The maximum Gasteiger partial charge on any atom is 0.328 e. The van der Waals surface area contributed by atoms with Crippen molar-refractivity contribution in [1.82, 2.24) is 20.8 Å². The molecule has 206 valence electrons. The summed E-state index contributed by atoms with van der Waals surface area (Å²) in [6, 6.07) is 15.6. The third-order valence-corrected chi connectivity index (χ3v) is 5.69. The molecule has 1 aliphatic rings. The Morgan fingerprint density at radius 1 is 1.10 bits per heavy atom. The molecule has 0 saturated heterocycles. The van der Waals surface area contributed by atoms with E-state index < -0.39 is 17.8 Å². The topological polar surface area (TPSA) is 178 Å². The van der Waals surface area contributed by atoms with Crippen LogP contribution in [0.2, 0.25) is 0 Å². The van der Waals surface area contributed by atoms with Gasteiger partial charge in [-0.05, 0) is 61.2 Å². The Morgan fingerprint density at radius 3 is 2.40 bits per heavy atom. The predicted octanol–water partition coefficient (Wildman–Crippen LogP) is 3.11. The van der Waals surface area contributed by atoms with Gasteiger partial charge in [0.05, 0.1) is 11.6 Å². The van der Waals surface area contributed by atoms with E-state index in [1.165, 1.54) is 17.7 Å². The van der Waals surface area contributed by atoms with Crippen molar-refractivity contribution < 1.29 is 33.5 Å². The number of aliphatic carboxylic acids is 2. The van der Waals surface area contributed by atoms with Crippen LogP contribution in [0.4, 0.5) is 4.39 Å². The monoisotopic (exact) mass is 547 g/mol. The summed E-state index contributed by atoms with van der Waals surface area (Å²) in [4.78, 5) is 35.6. The first kappa shape index (κ1) is 29.4. The van der Waals surface area contributed by atoms with Gasteiger partial charge in [0.15, 0.2) is 0 Å². The lowest BCUT2D eigenvalue weighted by Gasteiger charge is -2.24. The van der Waals surface area contributed by atoms with Crippen LogP contribution >= 0.6 is 0 Å². The van der Waals surface area contributed by atoms with E-state index >= 15 is 0 Å². The van der Waals surface area contributed by atoms with Crippen LogP contribution in [0.25, 0.3) is 11.5 Å². The molecule has 0 spiro atoms. The van der Waals surface area contributed by atoms with Crippen molar-refractivity contribution in [2.24, 2.45) is 0 Å².